The van der Waals surface area contributed by atoms with Gasteiger partial charge in [0.1, 0.15) is 6.07 Å². The van der Waals surface area contributed by atoms with E-state index in [9.17, 15) is 10.1 Å². The lowest BCUT2D eigenvalue weighted by atomic mass is 9.79. The van der Waals surface area contributed by atoms with Gasteiger partial charge in [0.15, 0.2) is 0 Å². The predicted octanol–water partition coefficient (Wildman–Crippen LogP) is 2.42. The molecule has 1 fully saturated rings. The van der Waals surface area contributed by atoms with Gasteiger partial charge in [0.2, 0.25) is 5.91 Å². The van der Waals surface area contributed by atoms with Gasteiger partial charge in [0.25, 0.3) is 0 Å². The van der Waals surface area contributed by atoms with Gasteiger partial charge in [0, 0.05) is 31.3 Å². The lowest BCUT2D eigenvalue weighted by Gasteiger charge is -2.34. The molecule has 6 heteroatoms. The molecule has 2 heterocycles. The van der Waals surface area contributed by atoms with Crippen LogP contribution in [-0.4, -0.2) is 30.6 Å². The molecule has 0 atom stereocenters. The lowest BCUT2D eigenvalue weighted by molar-refractivity contribution is -0.132. The maximum Gasteiger partial charge on any atom is 0.225 e. The van der Waals surface area contributed by atoms with E-state index in [0.717, 1.165) is 22.0 Å². The number of hydrogen-bond acceptors (Lipinski definition) is 5. The first-order chi connectivity index (χ1) is 12.0. The fourth-order valence-corrected chi connectivity index (χ4v) is 3.47. The van der Waals surface area contributed by atoms with Gasteiger partial charge in [-0.15, -0.1) is 0 Å². The summed E-state index contributed by atoms with van der Waals surface area (Å²) < 4.78 is 5.38. The second kappa shape index (κ2) is 6.69. The standard InChI is InChI=1S/C19H22N4O2/c1-12-7-13(2)16-15(8-12)17(14(9-20)10-22-16)23-11-19(18(21)24)3-5-25-6-4-19/h7-8,10H,3-6,11H2,1-2H3,(H2,21,24)(H,22,23). The van der Waals surface area contributed by atoms with E-state index in [2.05, 4.69) is 22.4 Å². The third kappa shape index (κ3) is 3.15. The molecule has 6 nitrogen and oxygen atoms in total. The number of nitriles is 1. The minimum atomic E-state index is -0.653. The number of fused-ring (bicyclic) bond motifs is 1. The van der Waals surface area contributed by atoms with Gasteiger partial charge in [-0.1, -0.05) is 11.6 Å². The largest absolute Gasteiger partial charge is 0.382 e. The molecule has 3 N–H and O–H groups in total. The van der Waals surface area contributed by atoms with Crippen molar-refractivity contribution in [2.24, 2.45) is 11.1 Å². The summed E-state index contributed by atoms with van der Waals surface area (Å²) >= 11 is 0. The van der Waals surface area contributed by atoms with E-state index in [1.54, 1.807) is 6.20 Å². The number of benzene rings is 1. The number of rotatable bonds is 4. The molecule has 0 spiro atoms. The van der Waals surface area contributed by atoms with Gasteiger partial charge in [-0.3, -0.25) is 9.78 Å². The molecule has 130 valence electrons. The van der Waals surface area contributed by atoms with Crippen LogP contribution in [0.1, 0.15) is 29.5 Å². The maximum atomic E-state index is 12.1. The van der Waals surface area contributed by atoms with Crippen molar-refractivity contribution in [3.8, 4) is 6.07 Å². The monoisotopic (exact) mass is 338 g/mol. The first-order valence-corrected chi connectivity index (χ1v) is 8.38. The summed E-state index contributed by atoms with van der Waals surface area (Å²) in [6, 6.07) is 6.27. The van der Waals surface area contributed by atoms with E-state index in [1.165, 1.54) is 0 Å². The molecule has 1 saturated heterocycles. The second-order valence-electron chi connectivity index (χ2n) is 6.75. The highest BCUT2D eigenvalue weighted by molar-refractivity contribution is 5.96. The van der Waals surface area contributed by atoms with Crippen LogP contribution in [0.15, 0.2) is 18.3 Å². The van der Waals surface area contributed by atoms with E-state index < -0.39 is 5.41 Å². The van der Waals surface area contributed by atoms with Crippen LogP contribution in [0.2, 0.25) is 0 Å². The molecule has 0 bridgehead atoms. The van der Waals surface area contributed by atoms with Gasteiger partial charge < -0.3 is 15.8 Å². The molecule has 3 rings (SSSR count). The molecule has 1 aliphatic rings. The molecule has 0 radical (unpaired) electrons. The minimum absolute atomic E-state index is 0.326. The Bertz CT molecular complexity index is 864. The summed E-state index contributed by atoms with van der Waals surface area (Å²) in [5.41, 5.74) is 9.21. The van der Waals surface area contributed by atoms with Crippen LogP contribution in [0, 0.1) is 30.6 Å². The average molecular weight is 338 g/mol. The number of aryl methyl sites for hydroxylation is 2. The molecular weight excluding hydrogens is 316 g/mol. The molecular formula is C19H22N4O2. The summed E-state index contributed by atoms with van der Waals surface area (Å²) in [7, 11) is 0. The Kier molecular flexibility index (Phi) is 4.60. The normalized spacial score (nSPS) is 16.4. The number of nitrogens with two attached hydrogens (primary N) is 1. The highest BCUT2D eigenvalue weighted by Gasteiger charge is 2.38. The number of nitrogens with one attached hydrogen (secondary N) is 1. The summed E-state index contributed by atoms with van der Waals surface area (Å²) in [5.74, 6) is -0.326. The number of anilines is 1. The first kappa shape index (κ1) is 17.2. The molecule has 1 aliphatic heterocycles. The van der Waals surface area contributed by atoms with Crippen LogP contribution in [0.25, 0.3) is 10.9 Å². The zero-order valence-electron chi connectivity index (χ0n) is 14.6. The Balaban J connectivity index is 2.03. The molecule has 2 aromatic rings. The Hall–Kier alpha value is -2.65. The zero-order chi connectivity index (χ0) is 18.0. The van der Waals surface area contributed by atoms with Gasteiger partial charge in [-0.2, -0.15) is 5.26 Å². The average Bonchev–Trinajstić information content (AvgIpc) is 2.60. The second-order valence-corrected chi connectivity index (χ2v) is 6.75. The quantitative estimate of drug-likeness (QED) is 0.891. The molecule has 0 unspecified atom stereocenters. The number of carbonyl (C=O) groups is 1. The van der Waals surface area contributed by atoms with Crippen LogP contribution >= 0.6 is 0 Å². The van der Waals surface area contributed by atoms with Crippen LogP contribution in [-0.2, 0) is 9.53 Å². The van der Waals surface area contributed by atoms with E-state index in [0.29, 0.717) is 43.9 Å². The van der Waals surface area contributed by atoms with Crippen molar-refractivity contribution in [2.45, 2.75) is 26.7 Å². The van der Waals surface area contributed by atoms with Crippen molar-refractivity contribution >= 4 is 22.5 Å². The van der Waals surface area contributed by atoms with E-state index >= 15 is 0 Å². The molecule has 25 heavy (non-hydrogen) atoms. The molecule has 0 aliphatic carbocycles. The Morgan fingerprint density at radius 2 is 2.12 bits per heavy atom. The third-order valence-corrected chi connectivity index (χ3v) is 5.00. The highest BCUT2D eigenvalue weighted by atomic mass is 16.5. The number of ether oxygens (including phenoxy) is 1. The van der Waals surface area contributed by atoms with E-state index in [1.807, 2.05) is 19.9 Å². The number of amides is 1. The summed E-state index contributed by atoms with van der Waals surface area (Å²) in [4.78, 5) is 16.5. The number of pyridine rings is 1. The maximum absolute atomic E-state index is 12.1. The number of carbonyl (C=O) groups excluding carboxylic acids is 1. The highest BCUT2D eigenvalue weighted by Crippen LogP contribution is 2.33. The Morgan fingerprint density at radius 1 is 1.40 bits per heavy atom. The molecule has 1 aromatic carbocycles. The molecule has 1 amide bonds. The number of hydrogen-bond donors (Lipinski definition) is 2. The van der Waals surface area contributed by atoms with Crippen LogP contribution < -0.4 is 11.1 Å². The number of nitrogens with zero attached hydrogens (tertiary/aromatic N) is 2. The fraction of sp³-hybridized carbons (Fsp3) is 0.421. The van der Waals surface area contributed by atoms with Gasteiger partial charge >= 0.3 is 0 Å². The van der Waals surface area contributed by atoms with Gasteiger partial charge in [-0.05, 0) is 38.3 Å². The molecule has 1 aromatic heterocycles. The number of primary amides is 1. The van der Waals surface area contributed by atoms with Crippen molar-refractivity contribution in [1.82, 2.24) is 4.98 Å². The van der Waals surface area contributed by atoms with Crippen LogP contribution in [0.4, 0.5) is 5.69 Å². The third-order valence-electron chi connectivity index (χ3n) is 5.00. The SMILES string of the molecule is Cc1cc(C)c2ncc(C#N)c(NCC3(C(N)=O)CCOCC3)c2c1. The van der Waals surface area contributed by atoms with Crippen LogP contribution in [0.3, 0.4) is 0 Å². The van der Waals surface area contributed by atoms with Crippen molar-refractivity contribution < 1.29 is 9.53 Å². The zero-order valence-corrected chi connectivity index (χ0v) is 14.6. The first-order valence-electron chi connectivity index (χ1n) is 8.38. The van der Waals surface area contributed by atoms with Gasteiger partial charge in [-0.25, -0.2) is 0 Å². The Labute approximate surface area is 147 Å². The smallest absolute Gasteiger partial charge is 0.225 e. The Morgan fingerprint density at radius 3 is 2.76 bits per heavy atom. The molecule has 0 saturated carbocycles. The van der Waals surface area contributed by atoms with E-state index in [4.69, 9.17) is 10.5 Å². The topological polar surface area (TPSA) is 101 Å². The summed E-state index contributed by atoms with van der Waals surface area (Å²) in [6.45, 7) is 5.43. The van der Waals surface area contributed by atoms with E-state index in [-0.39, 0.29) is 5.91 Å². The van der Waals surface area contributed by atoms with Crippen molar-refractivity contribution in [1.29, 1.82) is 5.26 Å². The van der Waals surface area contributed by atoms with Crippen LogP contribution in [0.5, 0.6) is 0 Å². The van der Waals surface area contributed by atoms with Crippen molar-refractivity contribution in [3.05, 3.63) is 35.0 Å². The minimum Gasteiger partial charge on any atom is -0.382 e. The van der Waals surface area contributed by atoms with Crippen molar-refractivity contribution in [2.75, 3.05) is 25.1 Å². The number of aromatic nitrogens is 1. The summed E-state index contributed by atoms with van der Waals surface area (Å²) in [6.07, 6.45) is 2.74. The summed E-state index contributed by atoms with van der Waals surface area (Å²) in [5, 5.41) is 13.7. The van der Waals surface area contributed by atoms with Crippen molar-refractivity contribution in [3.63, 3.8) is 0 Å². The fourth-order valence-electron chi connectivity index (χ4n) is 3.47. The predicted molar refractivity (Wildman–Crippen MR) is 96.1 cm³/mol. The van der Waals surface area contributed by atoms with Gasteiger partial charge in [0.05, 0.1) is 22.2 Å². The lowest BCUT2D eigenvalue weighted by Crippen LogP contribution is -2.46.